The number of aliphatic imine (C=N–C) groups is 1. The minimum Gasteiger partial charge on any atom is -0.385 e. The molecule has 0 radical (unpaired) electrons. The van der Waals surface area contributed by atoms with Gasteiger partial charge in [-0.1, -0.05) is 18.2 Å². The Kier molecular flexibility index (Phi) is 8.73. The largest absolute Gasteiger partial charge is 0.385 e. The predicted octanol–water partition coefficient (Wildman–Crippen LogP) is 1.03. The van der Waals surface area contributed by atoms with Gasteiger partial charge in [-0.15, -0.1) is 0 Å². The maximum Gasteiger partial charge on any atom is 0.242 e. The Labute approximate surface area is 145 Å². The van der Waals surface area contributed by atoms with Gasteiger partial charge in [0.1, 0.15) is 0 Å². The Morgan fingerprint density at radius 1 is 1.25 bits per heavy atom. The molecular weight excluding hydrogens is 328 g/mol. The average Bonchev–Trinajstić information content (AvgIpc) is 2.56. The van der Waals surface area contributed by atoms with Crippen molar-refractivity contribution in [3.05, 3.63) is 29.8 Å². The second-order valence-corrected chi connectivity index (χ2v) is 7.48. The van der Waals surface area contributed by atoms with Crippen molar-refractivity contribution in [2.45, 2.75) is 24.8 Å². The molecule has 0 saturated heterocycles. The quantitative estimate of drug-likeness (QED) is 0.392. The van der Waals surface area contributed by atoms with Crippen LogP contribution in [0.3, 0.4) is 0 Å². The number of nitrogens with zero attached hydrogens (tertiary/aromatic N) is 2. The molecule has 0 saturated carbocycles. The SMILES string of the molecule is CCNC(=NCc1ccccc1S(=O)(=O)N(C)C)NCCCOC. The van der Waals surface area contributed by atoms with Crippen LogP contribution in [0.2, 0.25) is 0 Å². The molecule has 24 heavy (non-hydrogen) atoms. The third-order valence-electron chi connectivity index (χ3n) is 3.30. The van der Waals surface area contributed by atoms with Crippen LogP contribution in [0, 0.1) is 0 Å². The first-order chi connectivity index (χ1) is 11.4. The van der Waals surface area contributed by atoms with E-state index in [0.717, 1.165) is 19.5 Å². The third-order valence-corrected chi connectivity index (χ3v) is 5.22. The zero-order valence-corrected chi connectivity index (χ0v) is 15.7. The summed E-state index contributed by atoms with van der Waals surface area (Å²) in [6.07, 6.45) is 0.868. The molecule has 8 heteroatoms. The number of sulfonamides is 1. The van der Waals surface area contributed by atoms with Gasteiger partial charge in [0.05, 0.1) is 11.4 Å². The molecule has 2 N–H and O–H groups in total. The van der Waals surface area contributed by atoms with Gasteiger partial charge in [0.25, 0.3) is 0 Å². The van der Waals surface area contributed by atoms with Crippen LogP contribution in [-0.2, 0) is 21.3 Å². The minimum absolute atomic E-state index is 0.281. The molecule has 0 heterocycles. The molecule has 0 spiro atoms. The molecular formula is C16H28N4O3S. The monoisotopic (exact) mass is 356 g/mol. The van der Waals surface area contributed by atoms with E-state index in [1.54, 1.807) is 25.3 Å². The second kappa shape index (κ2) is 10.3. The van der Waals surface area contributed by atoms with Gasteiger partial charge in [-0.2, -0.15) is 0 Å². The van der Waals surface area contributed by atoms with E-state index >= 15 is 0 Å². The lowest BCUT2D eigenvalue weighted by atomic mass is 10.2. The summed E-state index contributed by atoms with van der Waals surface area (Å²) < 4.78 is 31.0. The number of methoxy groups -OCH3 is 1. The van der Waals surface area contributed by atoms with Crippen molar-refractivity contribution < 1.29 is 13.2 Å². The molecule has 7 nitrogen and oxygen atoms in total. The van der Waals surface area contributed by atoms with Crippen LogP contribution in [0.1, 0.15) is 18.9 Å². The average molecular weight is 356 g/mol. The van der Waals surface area contributed by atoms with E-state index in [4.69, 9.17) is 4.74 Å². The smallest absolute Gasteiger partial charge is 0.242 e. The van der Waals surface area contributed by atoms with Gasteiger partial charge in [-0.05, 0) is 25.0 Å². The first-order valence-corrected chi connectivity index (χ1v) is 9.39. The lowest BCUT2D eigenvalue weighted by Gasteiger charge is -2.15. The molecule has 0 amide bonds. The molecule has 0 aliphatic heterocycles. The lowest BCUT2D eigenvalue weighted by Crippen LogP contribution is -2.38. The van der Waals surface area contributed by atoms with Crippen molar-refractivity contribution in [1.82, 2.24) is 14.9 Å². The Balaban J connectivity index is 2.90. The highest BCUT2D eigenvalue weighted by Crippen LogP contribution is 2.19. The molecule has 0 bridgehead atoms. The van der Waals surface area contributed by atoms with Gasteiger partial charge in [0.15, 0.2) is 5.96 Å². The van der Waals surface area contributed by atoms with Gasteiger partial charge in [0, 0.05) is 40.9 Å². The van der Waals surface area contributed by atoms with Gasteiger partial charge in [0.2, 0.25) is 10.0 Å². The van der Waals surface area contributed by atoms with Gasteiger partial charge in [-0.25, -0.2) is 17.7 Å². The van der Waals surface area contributed by atoms with E-state index in [2.05, 4.69) is 15.6 Å². The number of benzene rings is 1. The van der Waals surface area contributed by atoms with E-state index in [9.17, 15) is 8.42 Å². The zero-order valence-electron chi connectivity index (χ0n) is 14.9. The van der Waals surface area contributed by atoms with Crippen LogP contribution in [0.5, 0.6) is 0 Å². The van der Waals surface area contributed by atoms with Crippen LogP contribution < -0.4 is 10.6 Å². The van der Waals surface area contributed by atoms with Crippen LogP contribution in [0.4, 0.5) is 0 Å². The minimum atomic E-state index is -3.49. The summed E-state index contributed by atoms with van der Waals surface area (Å²) in [6, 6.07) is 6.93. The summed E-state index contributed by atoms with van der Waals surface area (Å²) in [4.78, 5) is 4.77. The number of rotatable bonds is 9. The van der Waals surface area contributed by atoms with E-state index < -0.39 is 10.0 Å². The van der Waals surface area contributed by atoms with E-state index in [0.29, 0.717) is 18.1 Å². The lowest BCUT2D eigenvalue weighted by molar-refractivity contribution is 0.195. The van der Waals surface area contributed by atoms with Gasteiger partial charge >= 0.3 is 0 Å². The molecule has 0 fully saturated rings. The second-order valence-electron chi connectivity index (χ2n) is 5.36. The van der Waals surface area contributed by atoms with Gasteiger partial charge < -0.3 is 15.4 Å². The predicted molar refractivity (Wildman–Crippen MR) is 96.6 cm³/mol. The molecule has 0 aliphatic rings. The first-order valence-electron chi connectivity index (χ1n) is 7.95. The molecule has 0 unspecified atom stereocenters. The van der Waals surface area contributed by atoms with Crippen LogP contribution in [0.15, 0.2) is 34.2 Å². The normalized spacial score (nSPS) is 12.5. The standard InChI is InChI=1S/C16H28N4O3S/c1-5-17-16(18-11-8-12-23-4)19-13-14-9-6-7-10-15(14)24(21,22)20(2)3/h6-7,9-10H,5,8,11-13H2,1-4H3,(H2,17,18,19). The maximum absolute atomic E-state index is 12.4. The molecule has 0 aromatic heterocycles. The highest BCUT2D eigenvalue weighted by Gasteiger charge is 2.20. The number of guanidine groups is 1. The maximum atomic E-state index is 12.4. The van der Waals surface area contributed by atoms with Crippen molar-refractivity contribution in [3.8, 4) is 0 Å². The van der Waals surface area contributed by atoms with E-state index in [-0.39, 0.29) is 11.4 Å². The summed E-state index contributed by atoms with van der Waals surface area (Å²) in [7, 11) is 1.23. The molecule has 0 aliphatic carbocycles. The number of hydrogen-bond acceptors (Lipinski definition) is 4. The Morgan fingerprint density at radius 2 is 1.96 bits per heavy atom. The highest BCUT2D eigenvalue weighted by atomic mass is 32.2. The van der Waals surface area contributed by atoms with Crippen molar-refractivity contribution in [2.75, 3.05) is 40.9 Å². The van der Waals surface area contributed by atoms with Crippen molar-refractivity contribution >= 4 is 16.0 Å². The fourth-order valence-electron chi connectivity index (χ4n) is 2.01. The summed E-state index contributed by atoms with van der Waals surface area (Å²) in [6.45, 7) is 4.40. The molecule has 0 atom stereocenters. The van der Waals surface area contributed by atoms with Crippen LogP contribution >= 0.6 is 0 Å². The summed E-state index contributed by atoms with van der Waals surface area (Å²) >= 11 is 0. The van der Waals surface area contributed by atoms with Crippen molar-refractivity contribution in [3.63, 3.8) is 0 Å². The van der Waals surface area contributed by atoms with E-state index in [1.165, 1.54) is 18.4 Å². The molecule has 1 rings (SSSR count). The third kappa shape index (κ3) is 6.10. The highest BCUT2D eigenvalue weighted by molar-refractivity contribution is 7.89. The fourth-order valence-corrected chi connectivity index (χ4v) is 3.12. The Hall–Kier alpha value is -1.64. The molecule has 1 aromatic carbocycles. The number of ether oxygens (including phenoxy) is 1. The van der Waals surface area contributed by atoms with Crippen LogP contribution in [-0.4, -0.2) is 59.6 Å². The molecule has 136 valence electrons. The number of hydrogen-bond donors (Lipinski definition) is 2. The Morgan fingerprint density at radius 3 is 2.58 bits per heavy atom. The zero-order chi connectivity index (χ0) is 18.0. The Bertz CT molecular complexity index is 630. The van der Waals surface area contributed by atoms with Gasteiger partial charge in [-0.3, -0.25) is 0 Å². The van der Waals surface area contributed by atoms with Crippen molar-refractivity contribution in [2.24, 2.45) is 4.99 Å². The summed E-state index contributed by atoms with van der Waals surface area (Å²) in [5, 5.41) is 6.35. The summed E-state index contributed by atoms with van der Waals surface area (Å²) in [5.74, 6) is 0.658. The molecule has 1 aromatic rings. The number of nitrogens with one attached hydrogen (secondary N) is 2. The van der Waals surface area contributed by atoms with E-state index in [1.807, 2.05) is 13.0 Å². The fraction of sp³-hybridized carbons (Fsp3) is 0.562. The topological polar surface area (TPSA) is 83.0 Å². The van der Waals surface area contributed by atoms with Crippen molar-refractivity contribution in [1.29, 1.82) is 0 Å². The first kappa shape index (κ1) is 20.4. The van der Waals surface area contributed by atoms with Crippen LogP contribution in [0.25, 0.3) is 0 Å². The summed E-state index contributed by atoms with van der Waals surface area (Å²) in [5.41, 5.74) is 0.667.